The van der Waals surface area contributed by atoms with Crippen LogP contribution in [0.4, 0.5) is 0 Å². The standard InChI is InChI=1S/C13H15N3O4S/c1-2-16(21(17,18)13-6-14-8-15-13)7-10-3-4-11-12(5-10)20-9-19-11/h3-6,8H,2,7,9H2,1H3,(H,14,15). The van der Waals surface area contributed by atoms with Crippen molar-refractivity contribution in [2.24, 2.45) is 0 Å². The quantitative estimate of drug-likeness (QED) is 0.901. The van der Waals surface area contributed by atoms with Crippen LogP contribution in [-0.4, -0.2) is 36.0 Å². The van der Waals surface area contributed by atoms with E-state index in [2.05, 4.69) is 9.97 Å². The molecule has 0 saturated carbocycles. The number of hydrogen-bond acceptors (Lipinski definition) is 5. The molecule has 1 aliphatic rings. The van der Waals surface area contributed by atoms with Gasteiger partial charge in [-0.1, -0.05) is 13.0 Å². The molecule has 0 bridgehead atoms. The highest BCUT2D eigenvalue weighted by atomic mass is 32.2. The van der Waals surface area contributed by atoms with Crippen LogP contribution in [0.15, 0.2) is 35.7 Å². The van der Waals surface area contributed by atoms with Crippen molar-refractivity contribution < 1.29 is 17.9 Å². The maximum Gasteiger partial charge on any atom is 0.260 e. The van der Waals surface area contributed by atoms with Gasteiger partial charge in [-0.05, 0) is 17.7 Å². The summed E-state index contributed by atoms with van der Waals surface area (Å²) >= 11 is 0. The lowest BCUT2D eigenvalue weighted by Gasteiger charge is -2.19. The monoisotopic (exact) mass is 309 g/mol. The second-order valence-electron chi connectivity index (χ2n) is 4.53. The van der Waals surface area contributed by atoms with Crippen molar-refractivity contribution in [3.05, 3.63) is 36.3 Å². The van der Waals surface area contributed by atoms with E-state index in [1.165, 1.54) is 16.8 Å². The zero-order valence-corrected chi connectivity index (χ0v) is 12.3. The predicted molar refractivity (Wildman–Crippen MR) is 74.4 cm³/mol. The summed E-state index contributed by atoms with van der Waals surface area (Å²) in [7, 11) is -3.58. The van der Waals surface area contributed by atoms with Crippen LogP contribution in [0.2, 0.25) is 0 Å². The maximum absolute atomic E-state index is 12.5. The highest BCUT2D eigenvalue weighted by Crippen LogP contribution is 2.33. The van der Waals surface area contributed by atoms with Gasteiger partial charge in [0.05, 0.1) is 12.5 Å². The number of imidazole rings is 1. The summed E-state index contributed by atoms with van der Waals surface area (Å²) in [6.45, 7) is 2.61. The van der Waals surface area contributed by atoms with Gasteiger partial charge in [-0.25, -0.2) is 13.4 Å². The van der Waals surface area contributed by atoms with E-state index in [4.69, 9.17) is 9.47 Å². The van der Waals surface area contributed by atoms with E-state index in [0.717, 1.165) is 5.56 Å². The molecule has 0 spiro atoms. The van der Waals surface area contributed by atoms with Gasteiger partial charge < -0.3 is 14.5 Å². The minimum atomic E-state index is -3.58. The first-order valence-corrected chi connectivity index (χ1v) is 7.92. The van der Waals surface area contributed by atoms with Crippen LogP contribution in [0.5, 0.6) is 11.5 Å². The third-order valence-electron chi connectivity index (χ3n) is 3.24. The summed E-state index contributed by atoms with van der Waals surface area (Å²) < 4.78 is 36.8. The van der Waals surface area contributed by atoms with Crippen LogP contribution >= 0.6 is 0 Å². The summed E-state index contributed by atoms with van der Waals surface area (Å²) in [5.74, 6) is 1.32. The normalized spacial score (nSPS) is 13.8. The Hall–Kier alpha value is -2.06. The van der Waals surface area contributed by atoms with Crippen LogP contribution in [0.25, 0.3) is 0 Å². The molecule has 7 nitrogen and oxygen atoms in total. The van der Waals surface area contributed by atoms with Crippen LogP contribution in [-0.2, 0) is 16.6 Å². The lowest BCUT2D eigenvalue weighted by molar-refractivity contribution is 0.174. The van der Waals surface area contributed by atoms with Crippen molar-refractivity contribution in [1.82, 2.24) is 14.3 Å². The third kappa shape index (κ3) is 2.59. The molecule has 0 fully saturated rings. The molecule has 0 atom stereocenters. The van der Waals surface area contributed by atoms with Crippen LogP contribution in [0.3, 0.4) is 0 Å². The Kier molecular flexibility index (Phi) is 3.56. The summed E-state index contributed by atoms with van der Waals surface area (Å²) in [6.07, 6.45) is 2.65. The van der Waals surface area contributed by atoms with Gasteiger partial charge in [0.1, 0.15) is 0 Å². The Morgan fingerprint density at radius 3 is 2.86 bits per heavy atom. The van der Waals surface area contributed by atoms with E-state index in [1.54, 1.807) is 19.1 Å². The average Bonchev–Trinajstić information content (AvgIpc) is 3.14. The number of H-pyrrole nitrogens is 1. The molecule has 0 saturated heterocycles. The first-order chi connectivity index (χ1) is 10.1. The fraction of sp³-hybridized carbons (Fsp3) is 0.308. The third-order valence-corrected chi connectivity index (χ3v) is 5.09. The van der Waals surface area contributed by atoms with Gasteiger partial charge in [-0.2, -0.15) is 4.31 Å². The molecule has 1 aromatic carbocycles. The average molecular weight is 309 g/mol. The fourth-order valence-electron chi connectivity index (χ4n) is 2.13. The molecular weight excluding hydrogens is 294 g/mol. The van der Waals surface area contributed by atoms with Gasteiger partial charge in [-0.15, -0.1) is 0 Å². The van der Waals surface area contributed by atoms with Crippen molar-refractivity contribution in [3.63, 3.8) is 0 Å². The van der Waals surface area contributed by atoms with Gasteiger partial charge in [0.15, 0.2) is 16.5 Å². The minimum absolute atomic E-state index is 0.0880. The molecule has 0 aliphatic carbocycles. The number of sulfonamides is 1. The van der Waals surface area contributed by atoms with E-state index < -0.39 is 10.0 Å². The minimum Gasteiger partial charge on any atom is -0.454 e. The number of aromatic amines is 1. The number of ether oxygens (including phenoxy) is 2. The number of nitrogens with zero attached hydrogens (tertiary/aromatic N) is 2. The number of nitrogens with one attached hydrogen (secondary N) is 1. The Balaban J connectivity index is 1.85. The lowest BCUT2D eigenvalue weighted by Crippen LogP contribution is -2.30. The molecule has 2 aromatic rings. The number of benzene rings is 1. The zero-order chi connectivity index (χ0) is 14.9. The van der Waals surface area contributed by atoms with Gasteiger partial charge >= 0.3 is 0 Å². The number of rotatable bonds is 5. The summed E-state index contributed by atoms with van der Waals surface area (Å²) in [4.78, 5) is 6.40. The van der Waals surface area contributed by atoms with E-state index in [1.807, 2.05) is 6.07 Å². The van der Waals surface area contributed by atoms with Crippen LogP contribution in [0, 0.1) is 0 Å². The van der Waals surface area contributed by atoms with Crippen molar-refractivity contribution in [2.75, 3.05) is 13.3 Å². The maximum atomic E-state index is 12.5. The smallest absolute Gasteiger partial charge is 0.260 e. The summed E-state index contributed by atoms with van der Waals surface area (Å²) in [5, 5.41) is 0.0880. The molecule has 1 aromatic heterocycles. The van der Waals surface area contributed by atoms with Gasteiger partial charge in [0, 0.05) is 13.1 Å². The highest BCUT2D eigenvalue weighted by Gasteiger charge is 2.25. The molecule has 3 rings (SSSR count). The van der Waals surface area contributed by atoms with Crippen molar-refractivity contribution >= 4 is 10.0 Å². The zero-order valence-electron chi connectivity index (χ0n) is 11.4. The van der Waals surface area contributed by atoms with Gasteiger partial charge in [-0.3, -0.25) is 0 Å². The van der Waals surface area contributed by atoms with E-state index in [0.29, 0.717) is 18.0 Å². The van der Waals surface area contributed by atoms with E-state index >= 15 is 0 Å². The predicted octanol–water partition coefficient (Wildman–Crippen LogP) is 1.35. The number of hydrogen-bond donors (Lipinski definition) is 1. The molecule has 21 heavy (non-hydrogen) atoms. The first kappa shape index (κ1) is 13.9. The molecule has 1 aliphatic heterocycles. The molecule has 0 radical (unpaired) electrons. The SMILES string of the molecule is CCN(Cc1ccc2c(c1)OCO2)S(=O)(=O)c1cnc[nH]1. The molecule has 8 heteroatoms. The fourth-order valence-corrected chi connectivity index (χ4v) is 3.47. The Labute approximate surface area is 122 Å². The van der Waals surface area contributed by atoms with Crippen molar-refractivity contribution in [1.29, 1.82) is 0 Å². The van der Waals surface area contributed by atoms with Crippen molar-refractivity contribution in [2.45, 2.75) is 18.5 Å². The van der Waals surface area contributed by atoms with Crippen molar-refractivity contribution in [3.8, 4) is 11.5 Å². The molecule has 0 unspecified atom stereocenters. The molecule has 2 heterocycles. The molecular formula is C13H15N3O4S. The highest BCUT2D eigenvalue weighted by molar-refractivity contribution is 7.89. The Morgan fingerprint density at radius 2 is 2.14 bits per heavy atom. The largest absolute Gasteiger partial charge is 0.454 e. The number of fused-ring (bicyclic) bond motifs is 1. The van der Waals surface area contributed by atoms with Gasteiger partial charge in [0.2, 0.25) is 6.79 Å². The molecule has 112 valence electrons. The topological polar surface area (TPSA) is 84.5 Å². The second-order valence-corrected chi connectivity index (χ2v) is 6.44. The molecule has 0 amide bonds. The summed E-state index contributed by atoms with van der Waals surface area (Å²) in [5.41, 5.74) is 0.837. The van der Waals surface area contributed by atoms with Crippen LogP contribution in [0.1, 0.15) is 12.5 Å². The van der Waals surface area contributed by atoms with E-state index in [9.17, 15) is 8.42 Å². The number of aromatic nitrogens is 2. The first-order valence-electron chi connectivity index (χ1n) is 6.48. The van der Waals surface area contributed by atoms with Crippen LogP contribution < -0.4 is 9.47 Å². The Bertz CT molecular complexity index is 728. The summed E-state index contributed by atoms with van der Waals surface area (Å²) in [6, 6.07) is 5.42. The van der Waals surface area contributed by atoms with Gasteiger partial charge in [0.25, 0.3) is 10.0 Å². The Morgan fingerprint density at radius 1 is 1.33 bits per heavy atom. The van der Waals surface area contributed by atoms with E-state index in [-0.39, 0.29) is 18.4 Å². The molecule has 1 N–H and O–H groups in total. The second kappa shape index (κ2) is 5.38. The lowest BCUT2D eigenvalue weighted by atomic mass is 10.2.